The predicted molar refractivity (Wildman–Crippen MR) is 78.4 cm³/mol. The molecule has 1 unspecified atom stereocenters. The van der Waals surface area contributed by atoms with Gasteiger partial charge in [0, 0.05) is 21.7 Å². The summed E-state index contributed by atoms with van der Waals surface area (Å²) < 4.78 is 4.75. The molecular formula is C15H17NO2S. The molecule has 100 valence electrons. The molecular weight excluding hydrogens is 258 g/mol. The van der Waals surface area contributed by atoms with Gasteiger partial charge in [-0.1, -0.05) is 25.1 Å². The van der Waals surface area contributed by atoms with Crippen LogP contribution in [-0.2, 0) is 9.53 Å². The number of carbonyl (C=O) groups is 1. The molecule has 3 nitrogen and oxygen atoms in total. The Bertz CT molecular complexity index is 598. The summed E-state index contributed by atoms with van der Waals surface area (Å²) in [6.45, 7) is 3.87. The number of pyridine rings is 1. The number of aryl methyl sites for hydroxylation is 1. The van der Waals surface area contributed by atoms with Gasteiger partial charge in [0.25, 0.3) is 0 Å². The number of methoxy groups -OCH3 is 1. The molecule has 0 aliphatic rings. The maximum absolute atomic E-state index is 11.4. The molecule has 0 N–H and O–H groups in total. The van der Waals surface area contributed by atoms with Gasteiger partial charge in [-0.05, 0) is 19.1 Å². The number of ether oxygens (including phenoxy) is 1. The van der Waals surface area contributed by atoms with Crippen molar-refractivity contribution in [1.82, 2.24) is 4.98 Å². The van der Waals surface area contributed by atoms with E-state index >= 15 is 0 Å². The molecule has 4 heteroatoms. The summed E-state index contributed by atoms with van der Waals surface area (Å²) in [5.41, 5.74) is 1.99. The number of hydrogen-bond acceptors (Lipinski definition) is 4. The van der Waals surface area contributed by atoms with E-state index in [9.17, 15) is 4.79 Å². The van der Waals surface area contributed by atoms with E-state index in [1.807, 2.05) is 32.0 Å². The van der Waals surface area contributed by atoms with Crippen LogP contribution in [0.15, 0.2) is 35.2 Å². The molecule has 2 aromatic rings. The van der Waals surface area contributed by atoms with E-state index in [1.165, 1.54) is 12.0 Å². The van der Waals surface area contributed by atoms with Crippen molar-refractivity contribution in [2.45, 2.75) is 18.7 Å². The lowest BCUT2D eigenvalue weighted by Crippen LogP contribution is -2.14. The minimum Gasteiger partial charge on any atom is -0.469 e. The van der Waals surface area contributed by atoms with E-state index in [-0.39, 0.29) is 11.9 Å². The van der Waals surface area contributed by atoms with Crippen molar-refractivity contribution in [3.05, 3.63) is 36.0 Å². The third kappa shape index (κ3) is 3.26. The van der Waals surface area contributed by atoms with Crippen LogP contribution in [0.5, 0.6) is 0 Å². The number of thioether (sulfide) groups is 1. The van der Waals surface area contributed by atoms with E-state index in [0.29, 0.717) is 5.75 Å². The number of fused-ring (bicyclic) bond motifs is 1. The first-order valence-corrected chi connectivity index (χ1v) is 7.17. The fourth-order valence-corrected chi connectivity index (χ4v) is 3.02. The molecule has 0 saturated carbocycles. The molecule has 2 rings (SSSR count). The Kier molecular flexibility index (Phi) is 4.43. The number of hydrogen-bond donors (Lipinski definition) is 0. The van der Waals surface area contributed by atoms with Crippen molar-refractivity contribution in [2.24, 2.45) is 5.92 Å². The smallest absolute Gasteiger partial charge is 0.309 e. The number of para-hydroxylation sites is 1. The quantitative estimate of drug-likeness (QED) is 0.633. The number of rotatable bonds is 4. The van der Waals surface area contributed by atoms with E-state index in [1.54, 1.807) is 11.8 Å². The van der Waals surface area contributed by atoms with Gasteiger partial charge in [-0.2, -0.15) is 0 Å². The van der Waals surface area contributed by atoms with Crippen molar-refractivity contribution in [1.29, 1.82) is 0 Å². The van der Waals surface area contributed by atoms with Crippen LogP contribution in [-0.4, -0.2) is 23.8 Å². The van der Waals surface area contributed by atoms with Crippen LogP contribution in [0.1, 0.15) is 12.6 Å². The highest BCUT2D eigenvalue weighted by Gasteiger charge is 2.14. The topological polar surface area (TPSA) is 39.2 Å². The first kappa shape index (κ1) is 13.9. The minimum absolute atomic E-state index is 0.109. The van der Waals surface area contributed by atoms with Crippen LogP contribution in [0.25, 0.3) is 10.9 Å². The monoisotopic (exact) mass is 275 g/mol. The van der Waals surface area contributed by atoms with Gasteiger partial charge in [0.15, 0.2) is 0 Å². The Balaban J connectivity index is 2.23. The standard InChI is InChI=1S/C15H17NO2S/c1-10(15(17)18-3)9-19-14-8-11(2)16-13-7-5-4-6-12(13)14/h4-8,10H,9H2,1-3H3. The lowest BCUT2D eigenvalue weighted by molar-refractivity contribution is -0.143. The molecule has 1 atom stereocenters. The fourth-order valence-electron chi connectivity index (χ4n) is 1.87. The summed E-state index contributed by atoms with van der Waals surface area (Å²) in [7, 11) is 1.43. The van der Waals surface area contributed by atoms with Crippen molar-refractivity contribution in [3.8, 4) is 0 Å². The molecule has 0 amide bonds. The molecule has 1 aromatic carbocycles. The maximum atomic E-state index is 11.4. The van der Waals surface area contributed by atoms with E-state index in [4.69, 9.17) is 4.74 Å². The average Bonchev–Trinajstić information content (AvgIpc) is 2.43. The van der Waals surface area contributed by atoms with Crippen LogP contribution in [0.3, 0.4) is 0 Å². The van der Waals surface area contributed by atoms with Crippen LogP contribution in [0, 0.1) is 12.8 Å². The zero-order valence-electron chi connectivity index (χ0n) is 11.3. The normalized spacial score (nSPS) is 12.4. The largest absolute Gasteiger partial charge is 0.469 e. The van der Waals surface area contributed by atoms with Gasteiger partial charge in [0.2, 0.25) is 0 Å². The van der Waals surface area contributed by atoms with Crippen molar-refractivity contribution in [3.63, 3.8) is 0 Å². The third-order valence-corrected chi connectivity index (χ3v) is 4.21. The predicted octanol–water partition coefficient (Wildman–Crippen LogP) is 3.44. The molecule has 0 saturated heterocycles. The molecule has 1 heterocycles. The second-order valence-electron chi connectivity index (χ2n) is 4.51. The van der Waals surface area contributed by atoms with Gasteiger partial charge < -0.3 is 4.74 Å². The Hall–Kier alpha value is -1.55. The highest BCUT2D eigenvalue weighted by atomic mass is 32.2. The lowest BCUT2D eigenvalue weighted by atomic mass is 10.2. The van der Waals surface area contributed by atoms with Crippen molar-refractivity contribution >= 4 is 28.6 Å². The van der Waals surface area contributed by atoms with Crippen LogP contribution in [0.4, 0.5) is 0 Å². The summed E-state index contributed by atoms with van der Waals surface area (Å²) in [6.07, 6.45) is 0. The Morgan fingerprint density at radius 2 is 2.16 bits per heavy atom. The second-order valence-corrected chi connectivity index (χ2v) is 5.58. The summed E-state index contributed by atoms with van der Waals surface area (Å²) in [4.78, 5) is 17.1. The van der Waals surface area contributed by atoms with Gasteiger partial charge in [-0.15, -0.1) is 11.8 Å². The van der Waals surface area contributed by atoms with Gasteiger partial charge in [0.1, 0.15) is 0 Å². The molecule has 0 spiro atoms. The Morgan fingerprint density at radius 1 is 1.42 bits per heavy atom. The van der Waals surface area contributed by atoms with Gasteiger partial charge in [-0.25, -0.2) is 0 Å². The summed E-state index contributed by atoms with van der Waals surface area (Å²) in [5.74, 6) is 0.435. The van der Waals surface area contributed by atoms with Crippen LogP contribution < -0.4 is 0 Å². The number of aromatic nitrogens is 1. The number of nitrogens with zero attached hydrogens (tertiary/aromatic N) is 1. The highest BCUT2D eigenvalue weighted by Crippen LogP contribution is 2.29. The highest BCUT2D eigenvalue weighted by molar-refractivity contribution is 7.99. The fraction of sp³-hybridized carbons (Fsp3) is 0.333. The third-order valence-electron chi connectivity index (χ3n) is 2.90. The van der Waals surface area contributed by atoms with Gasteiger partial charge in [0.05, 0.1) is 18.5 Å². The Labute approximate surface area is 117 Å². The minimum atomic E-state index is -0.164. The summed E-state index contributed by atoms with van der Waals surface area (Å²) in [5, 5.41) is 1.13. The van der Waals surface area contributed by atoms with Crippen molar-refractivity contribution in [2.75, 3.05) is 12.9 Å². The average molecular weight is 275 g/mol. The second kappa shape index (κ2) is 6.06. The summed E-state index contributed by atoms with van der Waals surface area (Å²) >= 11 is 1.68. The molecule has 0 aliphatic heterocycles. The SMILES string of the molecule is COC(=O)C(C)CSc1cc(C)nc2ccccc12. The van der Waals surface area contributed by atoms with E-state index in [2.05, 4.69) is 17.1 Å². The zero-order chi connectivity index (χ0) is 13.8. The molecule has 19 heavy (non-hydrogen) atoms. The Morgan fingerprint density at radius 3 is 2.89 bits per heavy atom. The number of esters is 1. The molecule has 0 bridgehead atoms. The zero-order valence-corrected chi connectivity index (χ0v) is 12.2. The van der Waals surface area contributed by atoms with Gasteiger partial charge >= 0.3 is 5.97 Å². The molecule has 0 radical (unpaired) electrons. The maximum Gasteiger partial charge on any atom is 0.309 e. The van der Waals surface area contributed by atoms with Crippen LogP contribution >= 0.6 is 11.8 Å². The molecule has 1 aromatic heterocycles. The molecule has 0 aliphatic carbocycles. The van der Waals surface area contributed by atoms with E-state index in [0.717, 1.165) is 16.6 Å². The molecule has 0 fully saturated rings. The van der Waals surface area contributed by atoms with Gasteiger partial charge in [-0.3, -0.25) is 9.78 Å². The van der Waals surface area contributed by atoms with E-state index < -0.39 is 0 Å². The number of carbonyl (C=O) groups excluding carboxylic acids is 1. The summed E-state index contributed by atoms with van der Waals surface area (Å²) in [6, 6.07) is 10.1. The van der Waals surface area contributed by atoms with Crippen LogP contribution in [0.2, 0.25) is 0 Å². The van der Waals surface area contributed by atoms with Crippen molar-refractivity contribution < 1.29 is 9.53 Å². The number of benzene rings is 1. The first-order valence-electron chi connectivity index (χ1n) is 6.19. The first-order chi connectivity index (χ1) is 9.11. The lowest BCUT2D eigenvalue weighted by Gasteiger charge is -2.11.